The van der Waals surface area contributed by atoms with Crippen LogP contribution < -0.4 is 0 Å². The summed E-state index contributed by atoms with van der Waals surface area (Å²) in [6.45, 7) is 5.89. The second kappa shape index (κ2) is 6.14. The van der Waals surface area contributed by atoms with Crippen molar-refractivity contribution in [1.82, 2.24) is 0 Å². The average Bonchev–Trinajstić information content (AvgIpc) is 2.25. The van der Waals surface area contributed by atoms with Gasteiger partial charge in [0, 0.05) is 0 Å². The Balaban J connectivity index is 2.29. The zero-order valence-electron chi connectivity index (χ0n) is 8.87. The third-order valence-electron chi connectivity index (χ3n) is 1.90. The van der Waals surface area contributed by atoms with Crippen LogP contribution in [-0.2, 0) is 11.3 Å². The van der Waals surface area contributed by atoms with Crippen molar-refractivity contribution in [1.29, 1.82) is 0 Å². The van der Waals surface area contributed by atoms with Gasteiger partial charge in [0.1, 0.15) is 5.83 Å². The van der Waals surface area contributed by atoms with Gasteiger partial charge in [-0.1, -0.05) is 36.9 Å². The topological polar surface area (TPSA) is 9.23 Å². The van der Waals surface area contributed by atoms with Crippen molar-refractivity contribution in [2.24, 2.45) is 0 Å². The van der Waals surface area contributed by atoms with Gasteiger partial charge in [-0.2, -0.15) is 0 Å². The van der Waals surface area contributed by atoms with Crippen LogP contribution in [0.4, 0.5) is 4.39 Å². The molecular weight excluding hydrogens is 191 g/mol. The van der Waals surface area contributed by atoms with Crippen LogP contribution in [0.2, 0.25) is 0 Å². The van der Waals surface area contributed by atoms with E-state index >= 15 is 0 Å². The van der Waals surface area contributed by atoms with Crippen molar-refractivity contribution < 1.29 is 9.13 Å². The van der Waals surface area contributed by atoms with Gasteiger partial charge in [-0.15, -0.1) is 0 Å². The lowest BCUT2D eigenvalue weighted by Crippen LogP contribution is -1.93. The van der Waals surface area contributed by atoms with Crippen LogP contribution in [0.1, 0.15) is 12.5 Å². The van der Waals surface area contributed by atoms with Gasteiger partial charge in [-0.25, -0.2) is 4.39 Å². The molecular formula is C13H15FO. The first-order chi connectivity index (χ1) is 7.20. The van der Waals surface area contributed by atoms with Gasteiger partial charge in [-0.05, 0) is 24.1 Å². The maximum atomic E-state index is 12.9. The van der Waals surface area contributed by atoms with Crippen LogP contribution in [0.5, 0.6) is 0 Å². The molecule has 0 amide bonds. The first kappa shape index (κ1) is 11.7. The number of benzene rings is 1. The van der Waals surface area contributed by atoms with Crippen molar-refractivity contribution in [3.8, 4) is 0 Å². The standard InChI is InChI=1S/C13H15FO/c1-11(2)13(14)8-9-15-10-12-6-4-3-5-7-12/h3-8H,1,9-10H2,2H3/b13-8-. The number of halogens is 1. The molecule has 2 heteroatoms. The Labute approximate surface area is 89.9 Å². The minimum atomic E-state index is -0.303. The summed E-state index contributed by atoms with van der Waals surface area (Å²) < 4.78 is 18.2. The lowest BCUT2D eigenvalue weighted by molar-refractivity contribution is 0.147. The molecule has 0 saturated carbocycles. The van der Waals surface area contributed by atoms with E-state index in [2.05, 4.69) is 6.58 Å². The van der Waals surface area contributed by atoms with E-state index in [4.69, 9.17) is 4.74 Å². The minimum absolute atomic E-state index is 0.271. The fraction of sp³-hybridized carbons (Fsp3) is 0.231. The van der Waals surface area contributed by atoms with Crippen molar-refractivity contribution in [3.63, 3.8) is 0 Å². The third-order valence-corrected chi connectivity index (χ3v) is 1.90. The van der Waals surface area contributed by atoms with E-state index in [0.29, 0.717) is 12.2 Å². The second-order valence-corrected chi connectivity index (χ2v) is 3.33. The van der Waals surface area contributed by atoms with E-state index in [9.17, 15) is 4.39 Å². The van der Waals surface area contributed by atoms with Gasteiger partial charge in [0.2, 0.25) is 0 Å². The van der Waals surface area contributed by atoms with E-state index in [-0.39, 0.29) is 12.4 Å². The zero-order valence-corrected chi connectivity index (χ0v) is 8.87. The highest BCUT2D eigenvalue weighted by molar-refractivity contribution is 5.19. The molecule has 0 unspecified atom stereocenters. The summed E-state index contributed by atoms with van der Waals surface area (Å²) in [5.74, 6) is -0.303. The van der Waals surface area contributed by atoms with Crippen LogP contribution >= 0.6 is 0 Å². The maximum Gasteiger partial charge on any atom is 0.123 e. The van der Waals surface area contributed by atoms with E-state index in [1.807, 2.05) is 30.3 Å². The predicted octanol–water partition coefficient (Wildman–Crippen LogP) is 3.63. The summed E-state index contributed by atoms with van der Waals surface area (Å²) in [7, 11) is 0. The van der Waals surface area contributed by atoms with Crippen molar-refractivity contribution in [2.75, 3.05) is 6.61 Å². The fourth-order valence-corrected chi connectivity index (χ4v) is 1.06. The molecule has 0 N–H and O–H groups in total. The molecule has 0 spiro atoms. The maximum absolute atomic E-state index is 12.9. The van der Waals surface area contributed by atoms with Gasteiger partial charge in [-0.3, -0.25) is 0 Å². The summed E-state index contributed by atoms with van der Waals surface area (Å²) >= 11 is 0. The van der Waals surface area contributed by atoms with Crippen LogP contribution in [0, 0.1) is 0 Å². The molecule has 1 rings (SSSR count). The van der Waals surface area contributed by atoms with Gasteiger partial charge in [0.15, 0.2) is 0 Å². The van der Waals surface area contributed by atoms with Crippen LogP contribution in [-0.4, -0.2) is 6.61 Å². The number of hydrogen-bond acceptors (Lipinski definition) is 1. The van der Waals surface area contributed by atoms with Gasteiger partial charge >= 0.3 is 0 Å². The molecule has 0 aromatic heterocycles. The molecule has 0 aliphatic carbocycles. The fourth-order valence-electron chi connectivity index (χ4n) is 1.06. The third kappa shape index (κ3) is 4.56. The van der Waals surface area contributed by atoms with Gasteiger partial charge in [0.05, 0.1) is 13.2 Å². The molecule has 0 fully saturated rings. The Morgan fingerprint density at radius 3 is 2.67 bits per heavy atom. The molecule has 1 nitrogen and oxygen atoms in total. The molecule has 15 heavy (non-hydrogen) atoms. The van der Waals surface area contributed by atoms with Crippen molar-refractivity contribution in [3.05, 3.63) is 60.0 Å². The summed E-state index contributed by atoms with van der Waals surface area (Å²) in [5, 5.41) is 0. The molecule has 1 aromatic rings. The summed E-state index contributed by atoms with van der Waals surface area (Å²) in [4.78, 5) is 0. The second-order valence-electron chi connectivity index (χ2n) is 3.33. The molecule has 0 bridgehead atoms. The number of hydrogen-bond donors (Lipinski definition) is 0. The number of allylic oxidation sites excluding steroid dienone is 2. The summed E-state index contributed by atoms with van der Waals surface area (Å²) in [5.41, 5.74) is 1.51. The van der Waals surface area contributed by atoms with E-state index < -0.39 is 0 Å². The molecule has 0 heterocycles. The monoisotopic (exact) mass is 206 g/mol. The Morgan fingerprint density at radius 1 is 1.40 bits per heavy atom. The molecule has 0 radical (unpaired) electrons. The highest BCUT2D eigenvalue weighted by Gasteiger charge is 1.94. The first-order valence-electron chi connectivity index (χ1n) is 4.83. The SMILES string of the molecule is C=C(C)/C(F)=C/COCc1ccccc1. The first-order valence-corrected chi connectivity index (χ1v) is 4.83. The Bertz CT molecular complexity index is 341. The molecule has 0 aliphatic rings. The number of rotatable bonds is 5. The van der Waals surface area contributed by atoms with Crippen LogP contribution in [0.25, 0.3) is 0 Å². The smallest absolute Gasteiger partial charge is 0.123 e. The minimum Gasteiger partial charge on any atom is -0.373 e. The highest BCUT2D eigenvalue weighted by atomic mass is 19.1. The Hall–Kier alpha value is -1.41. The molecule has 1 aromatic carbocycles. The molecule has 0 atom stereocenters. The van der Waals surface area contributed by atoms with Crippen LogP contribution in [0.3, 0.4) is 0 Å². The lowest BCUT2D eigenvalue weighted by Gasteiger charge is -2.01. The summed E-state index contributed by atoms with van der Waals surface area (Å²) in [6, 6.07) is 9.79. The van der Waals surface area contributed by atoms with Crippen molar-refractivity contribution >= 4 is 0 Å². The molecule has 0 aliphatic heterocycles. The van der Waals surface area contributed by atoms with Gasteiger partial charge < -0.3 is 4.74 Å². The quantitative estimate of drug-likeness (QED) is 0.528. The van der Waals surface area contributed by atoms with E-state index in [1.54, 1.807) is 6.92 Å². The lowest BCUT2D eigenvalue weighted by atomic mass is 10.2. The Kier molecular flexibility index (Phi) is 4.78. The predicted molar refractivity (Wildman–Crippen MR) is 60.1 cm³/mol. The van der Waals surface area contributed by atoms with Crippen molar-refractivity contribution in [2.45, 2.75) is 13.5 Å². The summed E-state index contributed by atoms with van der Waals surface area (Å²) in [6.07, 6.45) is 1.39. The van der Waals surface area contributed by atoms with E-state index in [1.165, 1.54) is 6.08 Å². The van der Waals surface area contributed by atoms with Crippen LogP contribution in [0.15, 0.2) is 54.4 Å². The molecule has 0 saturated heterocycles. The van der Waals surface area contributed by atoms with Gasteiger partial charge in [0.25, 0.3) is 0 Å². The average molecular weight is 206 g/mol. The molecule has 80 valence electrons. The normalized spacial score (nSPS) is 11.5. The van der Waals surface area contributed by atoms with E-state index in [0.717, 1.165) is 5.56 Å². The highest BCUT2D eigenvalue weighted by Crippen LogP contribution is 2.07. The zero-order chi connectivity index (χ0) is 11.1. The number of ether oxygens (including phenoxy) is 1. The largest absolute Gasteiger partial charge is 0.373 e. The Morgan fingerprint density at radius 2 is 2.07 bits per heavy atom.